The molecule has 0 bridgehead atoms. The van der Waals surface area contributed by atoms with Gasteiger partial charge in [0.05, 0.1) is 23.6 Å². The van der Waals surface area contributed by atoms with Gasteiger partial charge in [0.25, 0.3) is 0 Å². The highest BCUT2D eigenvalue weighted by molar-refractivity contribution is 5.58. The van der Waals surface area contributed by atoms with Crippen LogP contribution in [-0.2, 0) is 11.7 Å². The summed E-state index contributed by atoms with van der Waals surface area (Å²) in [7, 11) is 0. The summed E-state index contributed by atoms with van der Waals surface area (Å²) in [5.74, 6) is -0.356. The van der Waals surface area contributed by atoms with Crippen LogP contribution in [0.3, 0.4) is 0 Å². The number of rotatable bonds is 6. The number of hydrogen-bond acceptors (Lipinski definition) is 6. The number of anilines is 3. The lowest BCUT2D eigenvalue weighted by Gasteiger charge is -2.17. The maximum Gasteiger partial charge on any atom is 0.421 e. The van der Waals surface area contributed by atoms with Gasteiger partial charge in [-0.3, -0.25) is 0 Å². The van der Waals surface area contributed by atoms with E-state index in [-0.39, 0.29) is 17.8 Å². The number of aromatic nitrogens is 4. The number of hydrogen-bond donors (Lipinski definition) is 2. The average molecular weight is 383 g/mol. The molecule has 2 aromatic heterocycles. The van der Waals surface area contributed by atoms with Crippen molar-refractivity contribution in [2.45, 2.75) is 44.4 Å². The molecule has 3 rings (SSSR count). The predicted octanol–water partition coefficient (Wildman–Crippen LogP) is 3.53. The Morgan fingerprint density at radius 1 is 1.37 bits per heavy atom. The molecule has 2 N–H and O–H groups in total. The van der Waals surface area contributed by atoms with E-state index in [0.717, 1.165) is 17.5 Å². The Morgan fingerprint density at radius 3 is 2.63 bits per heavy atom. The van der Waals surface area contributed by atoms with Crippen molar-refractivity contribution in [3.05, 3.63) is 23.7 Å². The molecule has 1 fully saturated rings. The summed E-state index contributed by atoms with van der Waals surface area (Å²) in [6.45, 7) is 2.05. The molecule has 144 valence electrons. The molecular weight excluding hydrogens is 366 g/mol. The Morgan fingerprint density at radius 2 is 2.07 bits per heavy atom. The van der Waals surface area contributed by atoms with E-state index < -0.39 is 24.0 Å². The first kappa shape index (κ1) is 18.9. The molecule has 1 atom stereocenters. The van der Waals surface area contributed by atoms with Gasteiger partial charge in [-0.15, -0.1) is 0 Å². The fourth-order valence-electron chi connectivity index (χ4n) is 2.28. The highest BCUT2D eigenvalue weighted by Gasteiger charge is 2.37. The second-order valence-electron chi connectivity index (χ2n) is 6.59. The maximum absolute atomic E-state index is 13.2. The third-order valence-electron chi connectivity index (χ3n) is 4.16. The quantitative estimate of drug-likeness (QED) is 0.742. The highest BCUT2D eigenvalue weighted by Crippen LogP contribution is 2.36. The summed E-state index contributed by atoms with van der Waals surface area (Å²) in [5.41, 5.74) is -1.64. The summed E-state index contributed by atoms with van der Waals surface area (Å²) < 4.78 is 53.8. The number of alkyl halides is 4. The van der Waals surface area contributed by atoms with Crippen molar-refractivity contribution in [1.29, 1.82) is 5.26 Å². The van der Waals surface area contributed by atoms with Crippen LogP contribution in [0.2, 0.25) is 0 Å². The van der Waals surface area contributed by atoms with Crippen LogP contribution in [0, 0.1) is 18.3 Å². The van der Waals surface area contributed by atoms with Crippen molar-refractivity contribution in [1.82, 2.24) is 19.7 Å². The number of nitriles is 1. The third kappa shape index (κ3) is 3.94. The molecule has 1 saturated carbocycles. The van der Waals surface area contributed by atoms with Gasteiger partial charge in [0.2, 0.25) is 5.95 Å². The SMILES string of the molecule is Cc1nn([C@](C)(C#N)CF)cc1Nc1ncc(C(F)(F)F)c(NC2CC2)n1. The zero-order valence-corrected chi connectivity index (χ0v) is 14.6. The molecule has 11 heteroatoms. The van der Waals surface area contributed by atoms with Gasteiger partial charge >= 0.3 is 6.18 Å². The molecule has 0 amide bonds. The summed E-state index contributed by atoms with van der Waals surface area (Å²) in [6, 6.07) is 1.81. The minimum atomic E-state index is -4.58. The van der Waals surface area contributed by atoms with Crippen molar-refractivity contribution in [2.75, 3.05) is 17.3 Å². The van der Waals surface area contributed by atoms with E-state index in [2.05, 4.69) is 25.7 Å². The maximum atomic E-state index is 13.2. The summed E-state index contributed by atoms with van der Waals surface area (Å²) in [6.07, 6.45) is -0.905. The first-order valence-corrected chi connectivity index (χ1v) is 8.18. The number of aryl methyl sites for hydroxylation is 1. The first-order valence-electron chi connectivity index (χ1n) is 8.18. The lowest BCUT2D eigenvalue weighted by atomic mass is 10.1. The molecule has 2 heterocycles. The van der Waals surface area contributed by atoms with Crippen LogP contribution in [0.5, 0.6) is 0 Å². The van der Waals surface area contributed by atoms with Crippen molar-refractivity contribution in [2.24, 2.45) is 0 Å². The number of nitrogens with zero attached hydrogens (tertiary/aromatic N) is 5. The molecule has 0 spiro atoms. The Bertz CT molecular complexity index is 882. The van der Waals surface area contributed by atoms with Crippen molar-refractivity contribution in [3.8, 4) is 6.07 Å². The normalized spacial score (nSPS) is 16.5. The largest absolute Gasteiger partial charge is 0.421 e. The standard InChI is InChI=1S/C16H17F4N7/c1-9-12(6-27(26-9)15(2,7-17)8-21)24-14-22-5-11(16(18,19)20)13(25-14)23-10-3-4-10/h5-6,10H,3-4,7H2,1-2H3,(H2,22,23,24,25)/t15-/m0/s1. The number of halogens is 4. The van der Waals surface area contributed by atoms with Gasteiger partial charge in [-0.1, -0.05) is 0 Å². The Labute approximate surface area is 152 Å². The lowest BCUT2D eigenvalue weighted by molar-refractivity contribution is -0.137. The smallest absolute Gasteiger partial charge is 0.367 e. The lowest BCUT2D eigenvalue weighted by Crippen LogP contribution is -2.31. The van der Waals surface area contributed by atoms with E-state index in [1.807, 2.05) is 6.07 Å². The van der Waals surface area contributed by atoms with Crippen molar-refractivity contribution in [3.63, 3.8) is 0 Å². The third-order valence-corrected chi connectivity index (χ3v) is 4.16. The van der Waals surface area contributed by atoms with Crippen LogP contribution in [0.1, 0.15) is 31.0 Å². The minimum Gasteiger partial charge on any atom is -0.367 e. The minimum absolute atomic E-state index is 0.0285. The van der Waals surface area contributed by atoms with Gasteiger partial charge in [-0.2, -0.15) is 28.5 Å². The van der Waals surface area contributed by atoms with E-state index in [9.17, 15) is 17.6 Å². The van der Waals surface area contributed by atoms with Crippen LogP contribution in [0.4, 0.5) is 35.0 Å². The topological polar surface area (TPSA) is 91.5 Å². The van der Waals surface area contributed by atoms with E-state index in [4.69, 9.17) is 5.26 Å². The van der Waals surface area contributed by atoms with Crippen molar-refractivity contribution >= 4 is 17.5 Å². The van der Waals surface area contributed by atoms with Crippen LogP contribution < -0.4 is 10.6 Å². The zero-order valence-electron chi connectivity index (χ0n) is 14.6. The molecule has 0 unspecified atom stereocenters. The fraction of sp³-hybridized carbons (Fsp3) is 0.500. The van der Waals surface area contributed by atoms with E-state index >= 15 is 0 Å². The first-order chi connectivity index (χ1) is 12.7. The van der Waals surface area contributed by atoms with Gasteiger partial charge in [-0.05, 0) is 26.7 Å². The van der Waals surface area contributed by atoms with Gasteiger partial charge in [0, 0.05) is 12.2 Å². The van der Waals surface area contributed by atoms with Crippen LogP contribution in [-0.4, -0.2) is 32.5 Å². The number of nitrogens with one attached hydrogen (secondary N) is 2. The zero-order chi connectivity index (χ0) is 19.8. The van der Waals surface area contributed by atoms with Crippen LogP contribution in [0.25, 0.3) is 0 Å². The van der Waals surface area contributed by atoms with E-state index in [1.165, 1.54) is 13.1 Å². The van der Waals surface area contributed by atoms with Gasteiger partial charge in [-0.25, -0.2) is 14.1 Å². The van der Waals surface area contributed by atoms with Gasteiger partial charge in [0.1, 0.15) is 18.1 Å². The second-order valence-corrected chi connectivity index (χ2v) is 6.59. The summed E-state index contributed by atoms with van der Waals surface area (Å²) >= 11 is 0. The molecule has 1 aliphatic carbocycles. The molecule has 0 saturated heterocycles. The summed E-state index contributed by atoms with van der Waals surface area (Å²) in [5, 5.41) is 18.8. The molecule has 27 heavy (non-hydrogen) atoms. The Hall–Kier alpha value is -2.90. The van der Waals surface area contributed by atoms with Crippen LogP contribution >= 0.6 is 0 Å². The molecule has 1 aliphatic rings. The Balaban J connectivity index is 1.90. The van der Waals surface area contributed by atoms with Gasteiger partial charge < -0.3 is 10.6 Å². The molecule has 0 radical (unpaired) electrons. The van der Waals surface area contributed by atoms with E-state index in [1.54, 1.807) is 6.92 Å². The second kappa shape index (κ2) is 6.68. The molecule has 7 nitrogen and oxygen atoms in total. The van der Waals surface area contributed by atoms with E-state index in [0.29, 0.717) is 17.6 Å². The monoisotopic (exact) mass is 383 g/mol. The highest BCUT2D eigenvalue weighted by atomic mass is 19.4. The summed E-state index contributed by atoms with van der Waals surface area (Å²) in [4.78, 5) is 7.66. The average Bonchev–Trinajstić information content (AvgIpc) is 3.35. The molecule has 0 aromatic carbocycles. The Kier molecular flexibility index (Phi) is 4.67. The van der Waals surface area contributed by atoms with Crippen molar-refractivity contribution < 1.29 is 17.6 Å². The molecule has 0 aliphatic heterocycles. The van der Waals surface area contributed by atoms with Gasteiger partial charge in [0.15, 0.2) is 5.54 Å². The molecule has 2 aromatic rings. The fourth-order valence-corrected chi connectivity index (χ4v) is 2.28. The van der Waals surface area contributed by atoms with Crippen LogP contribution in [0.15, 0.2) is 12.4 Å². The predicted molar refractivity (Wildman–Crippen MR) is 89.2 cm³/mol. The molecular formula is C16H17F4N7.